The van der Waals surface area contributed by atoms with Gasteiger partial charge in [-0.25, -0.2) is 9.78 Å². The van der Waals surface area contributed by atoms with Crippen LogP contribution < -0.4 is 5.32 Å². The lowest BCUT2D eigenvalue weighted by Gasteiger charge is -2.06. The molecule has 0 unspecified atom stereocenters. The van der Waals surface area contributed by atoms with E-state index in [1.54, 1.807) is 12.3 Å². The van der Waals surface area contributed by atoms with Crippen LogP contribution in [0.2, 0.25) is 0 Å². The molecule has 2 aromatic heterocycles. The number of carbonyl (C=O) groups excluding carboxylic acids is 1. The van der Waals surface area contributed by atoms with Crippen molar-refractivity contribution in [3.05, 3.63) is 54.1 Å². The van der Waals surface area contributed by atoms with Gasteiger partial charge in [0.05, 0.1) is 7.11 Å². The van der Waals surface area contributed by atoms with Crippen molar-refractivity contribution >= 4 is 11.7 Å². The van der Waals surface area contributed by atoms with E-state index in [1.165, 1.54) is 13.4 Å². The Hall–Kier alpha value is -3.09. The van der Waals surface area contributed by atoms with Crippen molar-refractivity contribution in [3.63, 3.8) is 0 Å². The highest BCUT2D eigenvalue weighted by Crippen LogP contribution is 2.19. The van der Waals surface area contributed by atoms with Gasteiger partial charge in [-0.1, -0.05) is 12.1 Å². The number of ether oxygens (including phenoxy) is 1. The summed E-state index contributed by atoms with van der Waals surface area (Å²) < 4.78 is 4.66. The summed E-state index contributed by atoms with van der Waals surface area (Å²) >= 11 is 0. The maximum atomic E-state index is 11.4. The zero-order valence-electron chi connectivity index (χ0n) is 12.0. The molecule has 7 heteroatoms. The van der Waals surface area contributed by atoms with Crippen LogP contribution in [0, 0.1) is 0 Å². The quantitative estimate of drug-likeness (QED) is 0.627. The van der Waals surface area contributed by atoms with Gasteiger partial charge in [-0.05, 0) is 23.8 Å². The van der Waals surface area contributed by atoms with E-state index in [9.17, 15) is 4.79 Å². The Bertz CT molecular complexity index is 764. The molecular formula is C15H15N5O2. The molecule has 0 aliphatic rings. The van der Waals surface area contributed by atoms with E-state index in [-0.39, 0.29) is 5.97 Å². The molecule has 0 radical (unpaired) electrons. The van der Waals surface area contributed by atoms with Gasteiger partial charge >= 0.3 is 5.97 Å². The molecular weight excluding hydrogens is 282 g/mol. The van der Waals surface area contributed by atoms with Gasteiger partial charge in [-0.2, -0.15) is 5.10 Å². The molecule has 0 saturated heterocycles. The molecule has 3 N–H and O–H groups in total. The van der Waals surface area contributed by atoms with Crippen LogP contribution in [0.15, 0.2) is 42.9 Å². The van der Waals surface area contributed by atoms with E-state index in [4.69, 9.17) is 0 Å². The molecule has 0 fully saturated rings. The van der Waals surface area contributed by atoms with Crippen molar-refractivity contribution < 1.29 is 9.53 Å². The second kappa shape index (κ2) is 6.13. The fraction of sp³-hybridized carbons (Fsp3) is 0.133. The molecule has 0 spiro atoms. The number of hydrogen-bond donors (Lipinski definition) is 3. The molecule has 22 heavy (non-hydrogen) atoms. The van der Waals surface area contributed by atoms with E-state index >= 15 is 0 Å². The van der Waals surface area contributed by atoms with Crippen LogP contribution in [-0.4, -0.2) is 33.2 Å². The molecule has 1 aromatic carbocycles. The molecule has 0 bridgehead atoms. The van der Waals surface area contributed by atoms with E-state index < -0.39 is 0 Å². The molecule has 3 rings (SSSR count). The number of methoxy groups -OCH3 is 1. The van der Waals surface area contributed by atoms with Crippen LogP contribution in [-0.2, 0) is 11.3 Å². The lowest BCUT2D eigenvalue weighted by atomic mass is 10.2. The molecule has 112 valence electrons. The van der Waals surface area contributed by atoms with Crippen LogP contribution in [0.1, 0.15) is 16.1 Å². The first kappa shape index (κ1) is 13.9. The molecule has 0 aliphatic carbocycles. The number of H-pyrrole nitrogens is 2. The molecule has 2 heterocycles. The number of aromatic amines is 2. The summed E-state index contributed by atoms with van der Waals surface area (Å²) in [7, 11) is 1.36. The van der Waals surface area contributed by atoms with Gasteiger partial charge in [0.1, 0.15) is 12.0 Å². The highest BCUT2D eigenvalue weighted by molar-refractivity contribution is 5.87. The SMILES string of the molecule is COC(=O)c1cc(CNc2cccc(-c3ncn[nH]3)c2)c[nH]1. The number of esters is 1. The second-order valence-electron chi connectivity index (χ2n) is 4.68. The fourth-order valence-electron chi connectivity index (χ4n) is 2.09. The van der Waals surface area contributed by atoms with Crippen molar-refractivity contribution in [2.45, 2.75) is 6.54 Å². The van der Waals surface area contributed by atoms with Crippen molar-refractivity contribution in [1.29, 1.82) is 0 Å². The minimum atomic E-state index is -0.376. The molecule has 7 nitrogen and oxygen atoms in total. The summed E-state index contributed by atoms with van der Waals surface area (Å²) in [4.78, 5) is 18.4. The van der Waals surface area contributed by atoms with Gasteiger partial charge in [0.2, 0.25) is 0 Å². The molecule has 0 saturated carbocycles. The predicted molar refractivity (Wildman–Crippen MR) is 81.3 cm³/mol. The maximum Gasteiger partial charge on any atom is 0.354 e. The third kappa shape index (κ3) is 2.98. The van der Waals surface area contributed by atoms with Gasteiger partial charge < -0.3 is 15.0 Å². The molecule has 3 aromatic rings. The first-order valence-corrected chi connectivity index (χ1v) is 6.71. The first-order chi connectivity index (χ1) is 10.8. The summed E-state index contributed by atoms with van der Waals surface area (Å²) in [6.07, 6.45) is 3.25. The average Bonchev–Trinajstić information content (AvgIpc) is 3.24. The van der Waals surface area contributed by atoms with E-state index in [0.29, 0.717) is 12.2 Å². The second-order valence-corrected chi connectivity index (χ2v) is 4.68. The third-order valence-corrected chi connectivity index (χ3v) is 3.20. The minimum Gasteiger partial charge on any atom is -0.464 e. The zero-order valence-corrected chi connectivity index (χ0v) is 12.0. The number of nitrogens with zero attached hydrogens (tertiary/aromatic N) is 2. The molecule has 0 atom stereocenters. The van der Waals surface area contributed by atoms with Gasteiger partial charge in [0.15, 0.2) is 5.82 Å². The Morgan fingerprint density at radius 2 is 2.27 bits per heavy atom. The van der Waals surface area contributed by atoms with E-state index in [0.717, 1.165) is 22.6 Å². The van der Waals surface area contributed by atoms with Gasteiger partial charge in [0.25, 0.3) is 0 Å². The molecule has 0 amide bonds. The largest absolute Gasteiger partial charge is 0.464 e. The molecule has 0 aliphatic heterocycles. The fourth-order valence-corrected chi connectivity index (χ4v) is 2.09. The van der Waals surface area contributed by atoms with Crippen LogP contribution in [0.5, 0.6) is 0 Å². The number of hydrogen-bond acceptors (Lipinski definition) is 5. The highest BCUT2D eigenvalue weighted by Gasteiger charge is 2.08. The normalized spacial score (nSPS) is 10.4. The van der Waals surface area contributed by atoms with E-state index in [2.05, 4.69) is 30.2 Å². The number of anilines is 1. The summed E-state index contributed by atoms with van der Waals surface area (Å²) in [5, 5.41) is 9.98. The van der Waals surface area contributed by atoms with Gasteiger partial charge in [-0.15, -0.1) is 0 Å². The first-order valence-electron chi connectivity index (χ1n) is 6.71. The predicted octanol–water partition coefficient (Wildman–Crippen LogP) is 2.20. The van der Waals surface area contributed by atoms with Crippen LogP contribution in [0.4, 0.5) is 5.69 Å². The van der Waals surface area contributed by atoms with Crippen molar-refractivity contribution in [2.75, 3.05) is 12.4 Å². The Morgan fingerprint density at radius 1 is 1.36 bits per heavy atom. The Kier molecular flexibility index (Phi) is 3.86. The van der Waals surface area contributed by atoms with Crippen molar-refractivity contribution in [1.82, 2.24) is 20.2 Å². The third-order valence-electron chi connectivity index (χ3n) is 3.20. The average molecular weight is 297 g/mol. The Labute approximate surface area is 126 Å². The van der Waals surface area contributed by atoms with Crippen LogP contribution >= 0.6 is 0 Å². The van der Waals surface area contributed by atoms with Gasteiger partial charge in [0, 0.05) is 24.0 Å². The summed E-state index contributed by atoms with van der Waals surface area (Å²) in [5.41, 5.74) is 3.31. The highest BCUT2D eigenvalue weighted by atomic mass is 16.5. The topological polar surface area (TPSA) is 95.7 Å². The Balaban J connectivity index is 1.68. The lowest BCUT2D eigenvalue weighted by molar-refractivity contribution is 0.0595. The number of carbonyl (C=O) groups is 1. The van der Waals surface area contributed by atoms with Crippen LogP contribution in [0.3, 0.4) is 0 Å². The van der Waals surface area contributed by atoms with Crippen molar-refractivity contribution in [2.24, 2.45) is 0 Å². The van der Waals surface area contributed by atoms with Gasteiger partial charge in [-0.3, -0.25) is 5.10 Å². The lowest BCUT2D eigenvalue weighted by Crippen LogP contribution is -2.01. The van der Waals surface area contributed by atoms with Crippen LogP contribution in [0.25, 0.3) is 11.4 Å². The summed E-state index contributed by atoms with van der Waals surface area (Å²) in [6, 6.07) is 9.61. The van der Waals surface area contributed by atoms with E-state index in [1.807, 2.05) is 24.3 Å². The van der Waals surface area contributed by atoms with Crippen molar-refractivity contribution in [3.8, 4) is 11.4 Å². The smallest absolute Gasteiger partial charge is 0.354 e. The Morgan fingerprint density at radius 3 is 3.05 bits per heavy atom. The number of benzene rings is 1. The summed E-state index contributed by atoms with van der Waals surface area (Å²) in [5.74, 6) is 0.344. The minimum absolute atomic E-state index is 0.376. The maximum absolute atomic E-state index is 11.4. The zero-order chi connectivity index (χ0) is 15.4. The standard InChI is InChI=1S/C15H15N5O2/c1-22-15(21)13-5-10(8-17-13)7-16-12-4-2-3-11(6-12)14-18-9-19-20-14/h2-6,8-9,16-17H,7H2,1H3,(H,18,19,20). The number of rotatable bonds is 5. The number of nitrogens with one attached hydrogen (secondary N) is 3. The monoisotopic (exact) mass is 297 g/mol. The summed E-state index contributed by atoms with van der Waals surface area (Å²) in [6.45, 7) is 0.591. The number of aromatic nitrogens is 4.